The molecule has 0 amide bonds. The van der Waals surface area contributed by atoms with Gasteiger partial charge in [0.2, 0.25) is 0 Å². The fourth-order valence-corrected chi connectivity index (χ4v) is 3.50. The van der Waals surface area contributed by atoms with Crippen LogP contribution in [0.4, 0.5) is 0 Å². The van der Waals surface area contributed by atoms with Crippen molar-refractivity contribution in [3.05, 3.63) is 35.9 Å². The summed E-state index contributed by atoms with van der Waals surface area (Å²) in [5.74, 6) is 0. The fraction of sp³-hybridized carbons (Fsp3) is 0.647. The lowest BCUT2D eigenvalue weighted by molar-refractivity contribution is -0.0332. The monoisotopic (exact) mass is 291 g/mol. The second-order valence-electron chi connectivity index (χ2n) is 5.83. The van der Waals surface area contributed by atoms with E-state index in [-0.39, 0.29) is 12.2 Å². The summed E-state index contributed by atoms with van der Waals surface area (Å²) in [5.41, 5.74) is 1.23. The van der Waals surface area contributed by atoms with Crippen LogP contribution < -0.4 is 0 Å². The number of hydrogen-bond acceptors (Lipinski definition) is 4. The van der Waals surface area contributed by atoms with Crippen molar-refractivity contribution in [1.29, 1.82) is 0 Å². The summed E-state index contributed by atoms with van der Waals surface area (Å²) in [6, 6.07) is 10.8. The molecule has 0 radical (unpaired) electrons. The first-order chi connectivity index (χ1) is 10.4. The zero-order valence-corrected chi connectivity index (χ0v) is 12.7. The molecule has 1 aliphatic carbocycles. The van der Waals surface area contributed by atoms with E-state index < -0.39 is 0 Å². The van der Waals surface area contributed by atoms with Gasteiger partial charge in [-0.2, -0.15) is 0 Å². The first kappa shape index (κ1) is 15.0. The van der Waals surface area contributed by atoms with Crippen molar-refractivity contribution in [1.82, 2.24) is 4.90 Å². The van der Waals surface area contributed by atoms with Crippen molar-refractivity contribution in [2.45, 2.75) is 37.7 Å². The van der Waals surface area contributed by atoms with Crippen LogP contribution in [0.1, 0.15) is 18.4 Å². The van der Waals surface area contributed by atoms with Crippen molar-refractivity contribution in [3.63, 3.8) is 0 Å². The van der Waals surface area contributed by atoms with Gasteiger partial charge in [-0.25, -0.2) is 0 Å². The zero-order chi connectivity index (χ0) is 14.5. The molecule has 1 aromatic rings. The minimum atomic E-state index is 0.224. The van der Waals surface area contributed by atoms with Crippen molar-refractivity contribution in [3.8, 4) is 0 Å². The van der Waals surface area contributed by atoms with Crippen LogP contribution >= 0.6 is 0 Å². The Balaban J connectivity index is 1.46. The highest BCUT2D eigenvalue weighted by molar-refractivity contribution is 5.13. The highest BCUT2D eigenvalue weighted by Crippen LogP contribution is 2.31. The van der Waals surface area contributed by atoms with Gasteiger partial charge in [-0.05, 0) is 18.4 Å². The van der Waals surface area contributed by atoms with E-state index in [0.717, 1.165) is 32.7 Å². The Kier molecular flexibility index (Phi) is 5.25. The molecular formula is C17H25NO3. The van der Waals surface area contributed by atoms with Crippen LogP contribution in [-0.2, 0) is 20.8 Å². The molecule has 1 heterocycles. The van der Waals surface area contributed by atoms with Crippen LogP contribution in [0.3, 0.4) is 0 Å². The topological polar surface area (TPSA) is 30.9 Å². The lowest BCUT2D eigenvalue weighted by Crippen LogP contribution is -2.44. The molecule has 21 heavy (non-hydrogen) atoms. The molecule has 1 aromatic carbocycles. The molecule has 0 spiro atoms. The highest BCUT2D eigenvalue weighted by Gasteiger charge is 2.42. The second kappa shape index (κ2) is 7.36. The third kappa shape index (κ3) is 3.64. The summed E-state index contributed by atoms with van der Waals surface area (Å²) in [7, 11) is 1.80. The van der Waals surface area contributed by atoms with Crippen LogP contribution in [0.15, 0.2) is 30.3 Å². The minimum absolute atomic E-state index is 0.224. The standard InChI is InChI=1S/C17H25NO3/c1-19-17-15-7-8-16(17)21-12-10-18(15)9-11-20-13-14-5-3-2-4-6-14/h2-6,15-17H,7-13H2,1H3/t15-,16-,17+/m1/s1. The van der Waals surface area contributed by atoms with E-state index >= 15 is 0 Å². The smallest absolute Gasteiger partial charge is 0.0987 e. The van der Waals surface area contributed by atoms with Crippen LogP contribution in [0.25, 0.3) is 0 Å². The molecule has 2 bridgehead atoms. The third-order valence-electron chi connectivity index (χ3n) is 4.58. The average molecular weight is 291 g/mol. The summed E-state index contributed by atoms with van der Waals surface area (Å²) in [5, 5.41) is 0. The molecule has 4 nitrogen and oxygen atoms in total. The van der Waals surface area contributed by atoms with E-state index in [1.165, 1.54) is 12.0 Å². The molecule has 1 saturated heterocycles. The molecule has 3 rings (SSSR count). The first-order valence-electron chi connectivity index (χ1n) is 7.88. The number of fused-ring (bicyclic) bond motifs is 2. The maximum Gasteiger partial charge on any atom is 0.0987 e. The first-order valence-corrected chi connectivity index (χ1v) is 7.88. The van der Waals surface area contributed by atoms with E-state index in [1.54, 1.807) is 7.11 Å². The van der Waals surface area contributed by atoms with Gasteiger partial charge >= 0.3 is 0 Å². The van der Waals surface area contributed by atoms with Gasteiger partial charge in [-0.3, -0.25) is 4.90 Å². The van der Waals surface area contributed by atoms with E-state index in [4.69, 9.17) is 14.2 Å². The van der Waals surface area contributed by atoms with Gasteiger partial charge < -0.3 is 14.2 Å². The molecule has 2 fully saturated rings. The molecular weight excluding hydrogens is 266 g/mol. The lowest BCUT2D eigenvalue weighted by atomic mass is 10.1. The van der Waals surface area contributed by atoms with Gasteiger partial charge in [0.05, 0.1) is 32.0 Å². The Morgan fingerprint density at radius 1 is 1.24 bits per heavy atom. The van der Waals surface area contributed by atoms with Crippen LogP contribution in [0.2, 0.25) is 0 Å². The maximum absolute atomic E-state index is 5.90. The molecule has 116 valence electrons. The molecule has 1 saturated carbocycles. The van der Waals surface area contributed by atoms with Crippen molar-refractivity contribution >= 4 is 0 Å². The molecule has 1 aliphatic heterocycles. The summed E-state index contributed by atoms with van der Waals surface area (Å²) < 4.78 is 17.4. The Labute approximate surface area is 127 Å². The van der Waals surface area contributed by atoms with Crippen molar-refractivity contribution < 1.29 is 14.2 Å². The number of nitrogens with zero attached hydrogens (tertiary/aromatic N) is 1. The van der Waals surface area contributed by atoms with Crippen LogP contribution in [-0.4, -0.2) is 56.6 Å². The number of rotatable bonds is 6. The lowest BCUT2D eigenvalue weighted by Gasteiger charge is -2.30. The van der Waals surface area contributed by atoms with Gasteiger partial charge in [0.25, 0.3) is 0 Å². The molecule has 0 aromatic heterocycles. The molecule has 4 heteroatoms. The predicted molar refractivity (Wildman–Crippen MR) is 81.2 cm³/mol. The summed E-state index contributed by atoms with van der Waals surface area (Å²) in [6.07, 6.45) is 2.80. The summed E-state index contributed by atoms with van der Waals surface area (Å²) in [4.78, 5) is 2.48. The van der Waals surface area contributed by atoms with E-state index in [1.807, 2.05) is 18.2 Å². The maximum atomic E-state index is 5.90. The molecule has 3 atom stereocenters. The zero-order valence-electron chi connectivity index (χ0n) is 12.7. The Morgan fingerprint density at radius 2 is 2.10 bits per heavy atom. The van der Waals surface area contributed by atoms with Gasteiger partial charge in [0, 0.05) is 26.2 Å². The average Bonchev–Trinajstić information content (AvgIpc) is 2.83. The summed E-state index contributed by atoms with van der Waals surface area (Å²) >= 11 is 0. The Morgan fingerprint density at radius 3 is 2.90 bits per heavy atom. The van der Waals surface area contributed by atoms with Crippen LogP contribution in [0, 0.1) is 0 Å². The number of methoxy groups -OCH3 is 1. The van der Waals surface area contributed by atoms with Gasteiger partial charge in [0.1, 0.15) is 0 Å². The second-order valence-corrected chi connectivity index (χ2v) is 5.83. The minimum Gasteiger partial charge on any atom is -0.377 e. The van der Waals surface area contributed by atoms with Gasteiger partial charge in [0.15, 0.2) is 0 Å². The van der Waals surface area contributed by atoms with Crippen molar-refractivity contribution in [2.75, 3.05) is 33.4 Å². The molecule has 0 N–H and O–H groups in total. The Bertz CT molecular complexity index is 425. The quantitative estimate of drug-likeness (QED) is 0.751. The summed E-state index contributed by atoms with van der Waals surface area (Å²) in [6.45, 7) is 4.18. The Hall–Kier alpha value is -0.940. The number of ether oxygens (including phenoxy) is 3. The fourth-order valence-electron chi connectivity index (χ4n) is 3.50. The van der Waals surface area contributed by atoms with Gasteiger partial charge in [-0.1, -0.05) is 30.3 Å². The largest absolute Gasteiger partial charge is 0.377 e. The highest BCUT2D eigenvalue weighted by atomic mass is 16.5. The van der Waals surface area contributed by atoms with Crippen LogP contribution in [0.5, 0.6) is 0 Å². The number of hydrogen-bond donors (Lipinski definition) is 0. The van der Waals surface area contributed by atoms with E-state index in [9.17, 15) is 0 Å². The van der Waals surface area contributed by atoms with E-state index in [2.05, 4.69) is 17.0 Å². The number of benzene rings is 1. The molecule has 2 aliphatic rings. The van der Waals surface area contributed by atoms with Crippen molar-refractivity contribution in [2.24, 2.45) is 0 Å². The van der Waals surface area contributed by atoms with E-state index in [0.29, 0.717) is 12.6 Å². The third-order valence-corrected chi connectivity index (χ3v) is 4.58. The SMILES string of the molecule is CO[C@H]1[C@H]2CC[C@H]1OCCN2CCOCc1ccccc1. The van der Waals surface area contributed by atoms with Gasteiger partial charge in [-0.15, -0.1) is 0 Å². The predicted octanol–water partition coefficient (Wildman–Crippen LogP) is 2.08. The molecule has 0 unspecified atom stereocenters. The normalized spacial score (nSPS) is 29.5.